The Kier molecular flexibility index (Phi) is 4.46. The Bertz CT molecular complexity index is 582. The molecule has 0 amide bonds. The fourth-order valence-electron chi connectivity index (χ4n) is 2.57. The van der Waals surface area contributed by atoms with E-state index in [1.54, 1.807) is 0 Å². The van der Waals surface area contributed by atoms with Crippen LogP contribution >= 0.6 is 0 Å². The lowest BCUT2D eigenvalue weighted by atomic mass is 10.1. The van der Waals surface area contributed by atoms with Crippen molar-refractivity contribution in [1.82, 2.24) is 5.32 Å². The number of benzene rings is 2. The average molecular weight is 268 g/mol. The zero-order valence-corrected chi connectivity index (χ0v) is 13.1. The van der Waals surface area contributed by atoms with Crippen LogP contribution in [0, 0.1) is 20.8 Å². The van der Waals surface area contributed by atoms with E-state index in [4.69, 9.17) is 0 Å². The molecule has 106 valence electrons. The van der Waals surface area contributed by atoms with Gasteiger partial charge in [-0.05, 0) is 74.3 Å². The zero-order chi connectivity index (χ0) is 14.7. The molecule has 1 N–H and O–H groups in total. The monoisotopic (exact) mass is 268 g/mol. The molecule has 0 aliphatic rings. The van der Waals surface area contributed by atoms with Crippen LogP contribution in [-0.2, 0) is 6.54 Å². The minimum Gasteiger partial charge on any atom is -0.345 e. The highest BCUT2D eigenvalue weighted by Gasteiger charge is 2.07. The summed E-state index contributed by atoms with van der Waals surface area (Å²) >= 11 is 0. The van der Waals surface area contributed by atoms with E-state index in [1.165, 1.54) is 33.6 Å². The van der Waals surface area contributed by atoms with E-state index >= 15 is 0 Å². The smallest absolute Gasteiger partial charge is 0.0413 e. The summed E-state index contributed by atoms with van der Waals surface area (Å²) in [6.07, 6.45) is 0. The van der Waals surface area contributed by atoms with Crippen molar-refractivity contribution in [3.05, 3.63) is 58.7 Å². The summed E-state index contributed by atoms with van der Waals surface area (Å²) in [5, 5.41) is 3.21. The first-order valence-corrected chi connectivity index (χ1v) is 7.07. The number of aryl methyl sites for hydroxylation is 3. The molecule has 0 saturated heterocycles. The van der Waals surface area contributed by atoms with Crippen LogP contribution < -0.4 is 10.2 Å². The summed E-state index contributed by atoms with van der Waals surface area (Å²) in [5.74, 6) is 0. The molecule has 0 atom stereocenters. The van der Waals surface area contributed by atoms with Crippen LogP contribution in [-0.4, -0.2) is 14.1 Å². The van der Waals surface area contributed by atoms with Crippen LogP contribution in [0.25, 0.3) is 0 Å². The highest BCUT2D eigenvalue weighted by Crippen LogP contribution is 2.27. The van der Waals surface area contributed by atoms with Crippen molar-refractivity contribution in [3.63, 3.8) is 0 Å². The predicted molar refractivity (Wildman–Crippen MR) is 87.9 cm³/mol. The van der Waals surface area contributed by atoms with Crippen molar-refractivity contribution in [2.45, 2.75) is 27.3 Å². The second-order valence-electron chi connectivity index (χ2n) is 5.55. The largest absolute Gasteiger partial charge is 0.345 e. The van der Waals surface area contributed by atoms with Crippen molar-refractivity contribution in [1.29, 1.82) is 0 Å². The molecular formula is C18H24N2. The lowest BCUT2D eigenvalue weighted by Crippen LogP contribution is -2.11. The first-order chi connectivity index (χ1) is 9.51. The summed E-state index contributed by atoms with van der Waals surface area (Å²) in [6.45, 7) is 7.38. The summed E-state index contributed by atoms with van der Waals surface area (Å²) in [4.78, 5) is 2.25. The molecule has 2 rings (SSSR count). The van der Waals surface area contributed by atoms with E-state index in [9.17, 15) is 0 Å². The van der Waals surface area contributed by atoms with Gasteiger partial charge in [0.2, 0.25) is 0 Å². The Balaban J connectivity index is 2.33. The average Bonchev–Trinajstić information content (AvgIpc) is 2.39. The second-order valence-corrected chi connectivity index (χ2v) is 5.55. The molecule has 0 aromatic heterocycles. The number of anilines is 2. The highest BCUT2D eigenvalue weighted by atomic mass is 15.1. The number of hydrogen-bond donors (Lipinski definition) is 1. The Morgan fingerprint density at radius 3 is 2.10 bits per heavy atom. The molecule has 2 heteroatoms. The lowest BCUT2D eigenvalue weighted by Gasteiger charge is -2.22. The van der Waals surface area contributed by atoms with Crippen molar-refractivity contribution in [2.24, 2.45) is 0 Å². The first-order valence-electron chi connectivity index (χ1n) is 7.07. The van der Waals surface area contributed by atoms with Gasteiger partial charge < -0.3 is 10.2 Å². The predicted octanol–water partition coefficient (Wildman–Crippen LogP) is 4.10. The topological polar surface area (TPSA) is 15.3 Å². The summed E-state index contributed by atoms with van der Waals surface area (Å²) in [7, 11) is 4.11. The Hall–Kier alpha value is -1.80. The van der Waals surface area contributed by atoms with Crippen LogP contribution in [0.5, 0.6) is 0 Å². The van der Waals surface area contributed by atoms with Crippen molar-refractivity contribution in [2.75, 3.05) is 19.0 Å². The maximum Gasteiger partial charge on any atom is 0.0413 e. The van der Waals surface area contributed by atoms with E-state index in [2.05, 4.69) is 74.4 Å². The quantitative estimate of drug-likeness (QED) is 0.898. The Morgan fingerprint density at radius 2 is 1.55 bits per heavy atom. The minimum atomic E-state index is 0.916. The Morgan fingerprint density at radius 1 is 0.900 bits per heavy atom. The van der Waals surface area contributed by atoms with Gasteiger partial charge in [0.25, 0.3) is 0 Å². The molecule has 0 heterocycles. The van der Waals surface area contributed by atoms with Gasteiger partial charge >= 0.3 is 0 Å². The van der Waals surface area contributed by atoms with Gasteiger partial charge in [-0.3, -0.25) is 0 Å². The molecule has 0 unspecified atom stereocenters. The van der Waals surface area contributed by atoms with Gasteiger partial charge in [0.1, 0.15) is 0 Å². The number of rotatable bonds is 4. The molecule has 0 aliphatic carbocycles. The third kappa shape index (κ3) is 3.20. The number of hydrogen-bond acceptors (Lipinski definition) is 2. The van der Waals surface area contributed by atoms with Crippen molar-refractivity contribution < 1.29 is 0 Å². The molecule has 0 radical (unpaired) electrons. The molecule has 2 nitrogen and oxygen atoms in total. The fraction of sp³-hybridized carbons (Fsp3) is 0.333. The third-order valence-electron chi connectivity index (χ3n) is 3.67. The highest BCUT2D eigenvalue weighted by molar-refractivity contribution is 5.65. The van der Waals surface area contributed by atoms with Gasteiger partial charge in [0.05, 0.1) is 0 Å². The van der Waals surface area contributed by atoms with Gasteiger partial charge in [-0.2, -0.15) is 0 Å². The SMILES string of the molecule is CNCc1ccc(N(C)c2cc(C)cc(C)c2)cc1C. The van der Waals surface area contributed by atoms with Gasteiger partial charge in [-0.25, -0.2) is 0 Å². The molecule has 0 bridgehead atoms. The second kappa shape index (κ2) is 6.10. The molecular weight excluding hydrogens is 244 g/mol. The van der Waals surface area contributed by atoms with E-state index in [0.717, 1.165) is 6.54 Å². The van der Waals surface area contributed by atoms with Gasteiger partial charge in [0, 0.05) is 25.0 Å². The molecule has 0 spiro atoms. The van der Waals surface area contributed by atoms with E-state index in [1.807, 2.05) is 7.05 Å². The Labute approximate surface area is 122 Å². The lowest BCUT2D eigenvalue weighted by molar-refractivity contribution is 0.812. The third-order valence-corrected chi connectivity index (χ3v) is 3.67. The fourth-order valence-corrected chi connectivity index (χ4v) is 2.57. The maximum atomic E-state index is 3.21. The van der Waals surface area contributed by atoms with E-state index in [0.29, 0.717) is 0 Å². The number of nitrogens with zero attached hydrogens (tertiary/aromatic N) is 1. The number of nitrogens with one attached hydrogen (secondary N) is 1. The normalized spacial score (nSPS) is 10.7. The van der Waals surface area contributed by atoms with Crippen LogP contribution in [0.1, 0.15) is 22.3 Å². The molecule has 2 aromatic carbocycles. The zero-order valence-electron chi connectivity index (χ0n) is 13.1. The van der Waals surface area contributed by atoms with Crippen LogP contribution in [0.2, 0.25) is 0 Å². The molecule has 20 heavy (non-hydrogen) atoms. The van der Waals surface area contributed by atoms with Crippen LogP contribution in [0.4, 0.5) is 11.4 Å². The molecule has 2 aromatic rings. The molecule has 0 aliphatic heterocycles. The van der Waals surface area contributed by atoms with Crippen LogP contribution in [0.3, 0.4) is 0 Å². The van der Waals surface area contributed by atoms with Gasteiger partial charge in [0.15, 0.2) is 0 Å². The minimum absolute atomic E-state index is 0.916. The standard InChI is InChI=1S/C18H24N2/c1-13-8-14(2)10-18(9-13)20(5)17-7-6-16(12-19-4)15(3)11-17/h6-11,19H,12H2,1-5H3. The molecule has 0 fully saturated rings. The summed E-state index contributed by atoms with van der Waals surface area (Å²) < 4.78 is 0. The maximum absolute atomic E-state index is 3.21. The van der Waals surface area contributed by atoms with Crippen LogP contribution in [0.15, 0.2) is 36.4 Å². The van der Waals surface area contributed by atoms with E-state index < -0.39 is 0 Å². The summed E-state index contributed by atoms with van der Waals surface area (Å²) in [5.41, 5.74) is 7.75. The van der Waals surface area contributed by atoms with E-state index in [-0.39, 0.29) is 0 Å². The van der Waals surface area contributed by atoms with Crippen molar-refractivity contribution >= 4 is 11.4 Å². The van der Waals surface area contributed by atoms with Crippen molar-refractivity contribution in [3.8, 4) is 0 Å². The first kappa shape index (κ1) is 14.6. The summed E-state index contributed by atoms with van der Waals surface area (Å²) in [6, 6.07) is 13.3. The molecule has 0 saturated carbocycles. The van der Waals surface area contributed by atoms with Gasteiger partial charge in [-0.15, -0.1) is 0 Å². The van der Waals surface area contributed by atoms with Gasteiger partial charge in [-0.1, -0.05) is 12.1 Å².